The highest BCUT2D eigenvalue weighted by Crippen LogP contribution is 2.29. The van der Waals surface area contributed by atoms with Gasteiger partial charge >= 0.3 is 0 Å². The highest BCUT2D eigenvalue weighted by molar-refractivity contribution is 9.11. The largest absolute Gasteiger partial charge is 0.226 e. The Morgan fingerprint density at radius 3 is 3.14 bits per heavy atom. The number of allylic oxidation sites excluding steroid dienone is 4. The van der Waals surface area contributed by atoms with Crippen molar-refractivity contribution in [1.29, 1.82) is 0 Å². The topological polar surface area (TPSA) is 15.6 Å². The normalized spacial score (nSPS) is 26.1. The van der Waals surface area contributed by atoms with E-state index in [1.54, 1.807) is 6.08 Å². The van der Waals surface area contributed by atoms with Crippen LogP contribution in [0.15, 0.2) is 39.7 Å². The van der Waals surface area contributed by atoms with Gasteiger partial charge in [-0.15, -0.1) is 0 Å². The predicted octanol–water partition coefficient (Wildman–Crippen LogP) is 3.57. The Kier molecular flexibility index (Phi) is 2.79. The molecule has 0 saturated heterocycles. The van der Waals surface area contributed by atoms with Gasteiger partial charge in [0.05, 0.1) is 5.70 Å². The number of nitrogens with zero attached hydrogens (tertiary/aromatic N) is 2. The highest BCUT2D eigenvalue weighted by Gasteiger charge is 2.17. The number of fused-ring (bicyclic) bond motifs is 1. The third-order valence-corrected chi connectivity index (χ3v) is 2.96. The van der Waals surface area contributed by atoms with Crippen molar-refractivity contribution in [1.82, 2.24) is 5.01 Å². The molecule has 2 rings (SSSR count). The van der Waals surface area contributed by atoms with Crippen molar-refractivity contribution < 1.29 is 0 Å². The minimum atomic E-state index is 0.502. The summed E-state index contributed by atoms with van der Waals surface area (Å²) in [5.74, 6) is 0.518. The minimum Gasteiger partial charge on any atom is -0.226 e. The van der Waals surface area contributed by atoms with E-state index in [9.17, 15) is 0 Å². The van der Waals surface area contributed by atoms with Crippen LogP contribution in [0.1, 0.15) is 13.3 Å². The van der Waals surface area contributed by atoms with E-state index in [-0.39, 0.29) is 0 Å². The van der Waals surface area contributed by atoms with E-state index < -0.39 is 0 Å². The van der Waals surface area contributed by atoms with Gasteiger partial charge in [0.1, 0.15) is 9.78 Å². The van der Waals surface area contributed by atoms with E-state index in [1.165, 1.54) is 0 Å². The Morgan fingerprint density at radius 2 is 2.36 bits per heavy atom. The second-order valence-electron chi connectivity index (χ2n) is 3.40. The molecule has 74 valence electrons. The lowest BCUT2D eigenvalue weighted by atomic mass is 10.1. The van der Waals surface area contributed by atoms with Gasteiger partial charge in [0.2, 0.25) is 0 Å². The molecule has 1 atom stereocenters. The minimum absolute atomic E-state index is 0.502. The summed E-state index contributed by atoms with van der Waals surface area (Å²) in [7, 11) is 0. The predicted molar refractivity (Wildman–Crippen MR) is 63.1 cm³/mol. The fourth-order valence-electron chi connectivity index (χ4n) is 1.42. The molecular formula is C10H10BrClN2. The van der Waals surface area contributed by atoms with E-state index in [1.807, 2.05) is 11.1 Å². The lowest BCUT2D eigenvalue weighted by molar-refractivity contribution is 0.503. The average molecular weight is 274 g/mol. The molecule has 0 spiro atoms. The molecule has 0 N–H and O–H groups in total. The maximum absolute atomic E-state index is 5.84. The van der Waals surface area contributed by atoms with Gasteiger partial charge in [-0.2, -0.15) is 5.10 Å². The van der Waals surface area contributed by atoms with Crippen molar-refractivity contribution in [3.05, 3.63) is 34.6 Å². The molecule has 4 heteroatoms. The van der Waals surface area contributed by atoms with E-state index >= 15 is 0 Å². The first-order chi connectivity index (χ1) is 6.66. The molecule has 2 nitrogen and oxygen atoms in total. The lowest BCUT2D eigenvalue weighted by Crippen LogP contribution is -2.15. The summed E-state index contributed by atoms with van der Waals surface area (Å²) < 4.78 is 0.955. The van der Waals surface area contributed by atoms with Crippen LogP contribution in [0.4, 0.5) is 0 Å². The van der Waals surface area contributed by atoms with Crippen LogP contribution in [-0.4, -0.2) is 10.2 Å². The first kappa shape index (κ1) is 9.99. The van der Waals surface area contributed by atoms with Crippen molar-refractivity contribution >= 4 is 32.7 Å². The molecule has 2 heterocycles. The average Bonchev–Trinajstić information content (AvgIpc) is 2.27. The summed E-state index contributed by atoms with van der Waals surface area (Å²) in [4.78, 5) is 0. The molecule has 0 bridgehead atoms. The van der Waals surface area contributed by atoms with Crippen LogP contribution >= 0.6 is 27.5 Å². The summed E-state index contributed by atoms with van der Waals surface area (Å²) in [6.45, 7) is 2.17. The molecule has 1 unspecified atom stereocenters. The Hall–Kier alpha value is -0.540. The number of rotatable bonds is 0. The maximum Gasteiger partial charge on any atom is 0.150 e. The first-order valence-corrected chi connectivity index (χ1v) is 5.63. The first-order valence-electron chi connectivity index (χ1n) is 4.46. The summed E-state index contributed by atoms with van der Waals surface area (Å²) in [6, 6.07) is 0. The molecule has 0 amide bonds. The standard InChI is InChI=1S/C10H10BrClN2/c1-7-2-3-8-4-5-10(12)13-14(8)9(11)6-7/h3-7H,2H2,1H3. The molecule has 2 aliphatic heterocycles. The molecule has 0 saturated carbocycles. The fourth-order valence-corrected chi connectivity index (χ4v) is 2.29. The van der Waals surface area contributed by atoms with Crippen LogP contribution in [0.3, 0.4) is 0 Å². The third kappa shape index (κ3) is 1.93. The van der Waals surface area contributed by atoms with Crippen LogP contribution in [0.2, 0.25) is 0 Å². The summed E-state index contributed by atoms with van der Waals surface area (Å²) in [5.41, 5.74) is 1.07. The smallest absolute Gasteiger partial charge is 0.150 e. The number of halogens is 2. The van der Waals surface area contributed by atoms with Crippen molar-refractivity contribution in [2.75, 3.05) is 0 Å². The fraction of sp³-hybridized carbons (Fsp3) is 0.300. The van der Waals surface area contributed by atoms with Crippen LogP contribution in [0.5, 0.6) is 0 Å². The number of hydrogen-bond acceptors (Lipinski definition) is 2. The van der Waals surface area contributed by atoms with E-state index in [0.717, 1.165) is 16.7 Å². The van der Waals surface area contributed by atoms with Crippen LogP contribution in [0, 0.1) is 5.92 Å². The number of hydrazone groups is 1. The SMILES string of the molecule is CC1C=C(Br)N2N=C(Cl)C=CC2=CC1. The van der Waals surface area contributed by atoms with E-state index in [2.05, 4.69) is 40.1 Å². The summed E-state index contributed by atoms with van der Waals surface area (Å²) >= 11 is 9.33. The van der Waals surface area contributed by atoms with Gasteiger partial charge in [0.15, 0.2) is 0 Å². The van der Waals surface area contributed by atoms with Crippen molar-refractivity contribution in [2.45, 2.75) is 13.3 Å². The zero-order valence-corrected chi connectivity index (χ0v) is 10.1. The molecule has 0 aromatic carbocycles. The van der Waals surface area contributed by atoms with Gasteiger partial charge in [-0.25, -0.2) is 5.01 Å². The molecule has 14 heavy (non-hydrogen) atoms. The van der Waals surface area contributed by atoms with Gasteiger partial charge < -0.3 is 0 Å². The van der Waals surface area contributed by atoms with Gasteiger partial charge in [0, 0.05) is 0 Å². The van der Waals surface area contributed by atoms with Crippen LogP contribution < -0.4 is 0 Å². The van der Waals surface area contributed by atoms with Crippen molar-refractivity contribution in [3.63, 3.8) is 0 Å². The Bertz CT molecular complexity index is 368. The van der Waals surface area contributed by atoms with Crippen molar-refractivity contribution in [3.8, 4) is 0 Å². The molecule has 0 aliphatic carbocycles. The van der Waals surface area contributed by atoms with Gasteiger partial charge in [0.25, 0.3) is 0 Å². The Morgan fingerprint density at radius 1 is 1.57 bits per heavy atom. The Labute approximate surface area is 96.7 Å². The highest BCUT2D eigenvalue weighted by atomic mass is 79.9. The van der Waals surface area contributed by atoms with Gasteiger partial charge in [-0.05, 0) is 46.5 Å². The quantitative estimate of drug-likeness (QED) is 0.616. The third-order valence-electron chi connectivity index (χ3n) is 2.15. The molecule has 2 aliphatic rings. The molecule has 0 aromatic rings. The second-order valence-corrected chi connectivity index (χ2v) is 4.60. The van der Waals surface area contributed by atoms with Crippen molar-refractivity contribution in [2.24, 2.45) is 11.0 Å². The van der Waals surface area contributed by atoms with Gasteiger partial charge in [-0.1, -0.05) is 24.6 Å². The molecule has 0 aromatic heterocycles. The molecular weight excluding hydrogens is 263 g/mol. The van der Waals surface area contributed by atoms with E-state index in [0.29, 0.717) is 11.1 Å². The maximum atomic E-state index is 5.84. The van der Waals surface area contributed by atoms with Crippen LogP contribution in [-0.2, 0) is 0 Å². The lowest BCUT2D eigenvalue weighted by Gasteiger charge is -2.21. The van der Waals surface area contributed by atoms with Gasteiger partial charge in [-0.3, -0.25) is 0 Å². The van der Waals surface area contributed by atoms with Crippen LogP contribution in [0.25, 0.3) is 0 Å². The second kappa shape index (κ2) is 3.91. The Balaban J connectivity index is 2.40. The zero-order valence-electron chi connectivity index (χ0n) is 7.74. The zero-order chi connectivity index (χ0) is 10.1. The van der Waals surface area contributed by atoms with E-state index in [4.69, 9.17) is 11.6 Å². The summed E-state index contributed by atoms with van der Waals surface area (Å²) in [6.07, 6.45) is 9.11. The number of hydrogen-bond donors (Lipinski definition) is 0. The monoisotopic (exact) mass is 272 g/mol. The summed E-state index contributed by atoms with van der Waals surface area (Å²) in [5, 5.41) is 6.54. The molecule has 0 fully saturated rings. The molecule has 0 radical (unpaired) electrons.